The van der Waals surface area contributed by atoms with Crippen LogP contribution in [0.4, 0.5) is 10.8 Å². The number of fused-ring (bicyclic) bond motifs is 2. The van der Waals surface area contributed by atoms with Crippen molar-refractivity contribution in [2.75, 3.05) is 56.5 Å². The maximum Gasteiger partial charge on any atom is 0.255 e. The summed E-state index contributed by atoms with van der Waals surface area (Å²) in [5, 5.41) is 30.1. The summed E-state index contributed by atoms with van der Waals surface area (Å²) in [6, 6.07) is 15.0. The Kier molecular flexibility index (Phi) is 9.58. The molecule has 290 valence electrons. The second-order valence-electron chi connectivity index (χ2n) is 14.9. The minimum absolute atomic E-state index is 0.0772. The first-order valence-electron chi connectivity index (χ1n) is 19.2. The molecule has 0 radical (unpaired) electrons. The van der Waals surface area contributed by atoms with Gasteiger partial charge in [-0.25, -0.2) is 4.52 Å². The lowest BCUT2D eigenvalue weighted by atomic mass is 10.0. The molecule has 1 aromatic carbocycles. The number of nitrogens with zero attached hydrogens (tertiary/aromatic N) is 10. The summed E-state index contributed by atoms with van der Waals surface area (Å²) in [7, 11) is 1.87. The number of carbonyl (C=O) groups is 4. The molecule has 5 aromatic rings. The third kappa shape index (κ3) is 6.95. The average molecular weight is 785 g/mol. The van der Waals surface area contributed by atoms with Gasteiger partial charge in [-0.15, -0.1) is 10.2 Å². The van der Waals surface area contributed by atoms with Crippen molar-refractivity contribution in [2.45, 2.75) is 50.7 Å². The number of anilines is 2. The Morgan fingerprint density at radius 3 is 2.56 bits per heavy atom. The fraction of sp³-hybridized carbons (Fsp3) is 0.375. The molecule has 0 bridgehead atoms. The van der Waals surface area contributed by atoms with Crippen LogP contribution in [0, 0.1) is 11.3 Å². The molecule has 4 aliphatic rings. The zero-order valence-electron chi connectivity index (χ0n) is 31.3. The molecular weight excluding hydrogens is 745 g/mol. The van der Waals surface area contributed by atoms with Crippen molar-refractivity contribution in [3.63, 3.8) is 0 Å². The summed E-state index contributed by atoms with van der Waals surface area (Å²) in [6.07, 6.45) is 5.99. The molecule has 0 spiro atoms. The Balaban J connectivity index is 0.766. The number of nitriles is 1. The van der Waals surface area contributed by atoms with Crippen molar-refractivity contribution in [1.29, 1.82) is 5.26 Å². The van der Waals surface area contributed by atoms with E-state index in [2.05, 4.69) is 41.8 Å². The second-order valence-corrected chi connectivity index (χ2v) is 15.8. The first-order chi connectivity index (χ1) is 27.8. The highest BCUT2D eigenvalue weighted by atomic mass is 32.1. The van der Waals surface area contributed by atoms with E-state index in [0.717, 1.165) is 88.4 Å². The van der Waals surface area contributed by atoms with Gasteiger partial charge in [0, 0.05) is 82.8 Å². The number of nitrogens with one attached hydrogen (secondary N) is 2. The monoisotopic (exact) mass is 784 g/mol. The van der Waals surface area contributed by atoms with Gasteiger partial charge in [-0.1, -0.05) is 23.5 Å². The minimum Gasteiger partial charge on any atom is -0.387 e. The van der Waals surface area contributed by atoms with Crippen LogP contribution < -0.4 is 15.5 Å². The summed E-state index contributed by atoms with van der Waals surface area (Å²) in [6.45, 7) is 5.20. The van der Waals surface area contributed by atoms with Gasteiger partial charge in [-0.2, -0.15) is 10.4 Å². The Hall–Kier alpha value is -6.25. The number of carbonyl (C=O) groups excluding carboxylic acids is 4. The molecule has 16 nitrogen and oxygen atoms in total. The number of rotatable bonds is 8. The standard InChI is InChI=1S/C40H40N12O4S/c1-42-31-19-32(33-5-3-28-17-25(20-41)21-44-52(28)33)43-22-30(31)38-46-47-40(57-38)50-14-12-48(13-15-50)27-8-10-49(11-9-27)36(54)18-24-2-4-29-26(16-24)23-51(39(29)56)34-6-7-35(53)45-37(34)55/h2-5,16-17,19,21-22,27,34H,6-15,18,23H2,1H3,(H,42,43)(H,45,53,55). The molecule has 0 aliphatic carbocycles. The van der Waals surface area contributed by atoms with Gasteiger partial charge in [-0.05, 0) is 60.7 Å². The van der Waals surface area contributed by atoms with Crippen molar-refractivity contribution in [2.24, 2.45) is 0 Å². The first-order valence-corrected chi connectivity index (χ1v) is 20.0. The van der Waals surface area contributed by atoms with Crippen molar-refractivity contribution >= 4 is 51.3 Å². The smallest absolute Gasteiger partial charge is 0.255 e. The van der Waals surface area contributed by atoms with Crippen molar-refractivity contribution in [1.82, 2.24) is 44.8 Å². The minimum atomic E-state index is -0.660. The fourth-order valence-corrected chi connectivity index (χ4v) is 9.38. The maximum absolute atomic E-state index is 13.4. The van der Waals surface area contributed by atoms with E-state index >= 15 is 0 Å². The highest BCUT2D eigenvalue weighted by Crippen LogP contribution is 2.36. The van der Waals surface area contributed by atoms with Gasteiger partial charge >= 0.3 is 0 Å². The lowest BCUT2D eigenvalue weighted by Gasteiger charge is -2.42. The van der Waals surface area contributed by atoms with Gasteiger partial charge in [0.15, 0.2) is 5.01 Å². The van der Waals surface area contributed by atoms with Gasteiger partial charge in [0.05, 0.1) is 40.6 Å². The highest BCUT2D eigenvalue weighted by molar-refractivity contribution is 7.18. The van der Waals surface area contributed by atoms with Crippen LogP contribution in [0.5, 0.6) is 0 Å². The Bertz CT molecular complexity index is 2460. The summed E-state index contributed by atoms with van der Waals surface area (Å²) in [5.41, 5.74) is 6.85. The van der Waals surface area contributed by atoms with Crippen LogP contribution in [0.2, 0.25) is 0 Å². The van der Waals surface area contributed by atoms with E-state index in [1.54, 1.807) is 34.2 Å². The molecule has 4 aliphatic heterocycles. The van der Waals surface area contributed by atoms with Crippen LogP contribution in [0.3, 0.4) is 0 Å². The predicted molar refractivity (Wildman–Crippen MR) is 211 cm³/mol. The number of likely N-dealkylation sites (tertiary alicyclic amines) is 1. The Morgan fingerprint density at radius 2 is 1.79 bits per heavy atom. The molecule has 57 heavy (non-hydrogen) atoms. The SMILES string of the molecule is CNc1cc(-c2ccc3cc(C#N)cnn23)ncc1-c1nnc(N2CCN(C3CCN(C(=O)Cc4ccc5c(c4)CN(C4CCC(=O)NC4=O)C5=O)CC3)CC2)s1. The van der Waals surface area contributed by atoms with E-state index < -0.39 is 11.9 Å². The molecule has 0 saturated carbocycles. The van der Waals surface area contributed by atoms with E-state index in [1.807, 2.05) is 48.5 Å². The van der Waals surface area contributed by atoms with E-state index in [1.165, 1.54) is 4.90 Å². The zero-order chi connectivity index (χ0) is 39.2. The molecule has 8 heterocycles. The van der Waals surface area contributed by atoms with Gasteiger partial charge in [0.1, 0.15) is 12.1 Å². The normalized spacial score (nSPS) is 19.2. The zero-order valence-corrected chi connectivity index (χ0v) is 32.2. The van der Waals surface area contributed by atoms with Gasteiger partial charge in [0.25, 0.3) is 5.91 Å². The first kappa shape index (κ1) is 36.4. The second kappa shape index (κ2) is 15.0. The molecule has 1 atom stereocenters. The Labute approximate surface area is 332 Å². The lowest BCUT2D eigenvalue weighted by molar-refractivity contribution is -0.137. The number of piperidine rings is 2. The van der Waals surface area contributed by atoms with E-state index in [0.29, 0.717) is 43.2 Å². The third-order valence-corrected chi connectivity index (χ3v) is 12.6. The van der Waals surface area contributed by atoms with Crippen LogP contribution in [0.15, 0.2) is 54.9 Å². The quantitative estimate of drug-likeness (QED) is 0.220. The molecule has 17 heteroatoms. The number of amides is 4. The topological polar surface area (TPSA) is 185 Å². The summed E-state index contributed by atoms with van der Waals surface area (Å²) in [4.78, 5) is 63.5. The van der Waals surface area contributed by atoms with Crippen molar-refractivity contribution < 1.29 is 19.2 Å². The fourth-order valence-electron chi connectivity index (χ4n) is 8.46. The molecule has 4 aromatic heterocycles. The molecular formula is C40H40N12O4S. The van der Waals surface area contributed by atoms with Crippen LogP contribution in [-0.2, 0) is 27.3 Å². The molecule has 1 unspecified atom stereocenters. The number of aromatic nitrogens is 5. The number of benzene rings is 1. The van der Waals surface area contributed by atoms with Gasteiger partial charge in [-0.3, -0.25) is 34.4 Å². The number of imide groups is 1. The molecule has 3 saturated heterocycles. The van der Waals surface area contributed by atoms with E-state index in [-0.39, 0.29) is 30.6 Å². The molecule has 9 rings (SSSR count). The van der Waals surface area contributed by atoms with Crippen LogP contribution in [0.1, 0.15) is 52.7 Å². The lowest BCUT2D eigenvalue weighted by Crippen LogP contribution is -2.54. The number of pyridine rings is 1. The summed E-state index contributed by atoms with van der Waals surface area (Å²) >= 11 is 1.55. The predicted octanol–water partition coefficient (Wildman–Crippen LogP) is 2.94. The average Bonchev–Trinajstić information content (AvgIpc) is 3.98. The number of hydrogen-bond acceptors (Lipinski definition) is 13. The van der Waals surface area contributed by atoms with Crippen LogP contribution >= 0.6 is 11.3 Å². The van der Waals surface area contributed by atoms with Gasteiger partial charge in [0.2, 0.25) is 22.9 Å². The van der Waals surface area contributed by atoms with Crippen LogP contribution in [0.25, 0.3) is 27.5 Å². The molecule has 3 fully saturated rings. The van der Waals surface area contributed by atoms with Gasteiger partial charge < -0.3 is 20.0 Å². The third-order valence-electron chi connectivity index (χ3n) is 11.6. The highest BCUT2D eigenvalue weighted by Gasteiger charge is 2.39. The number of piperazine rings is 1. The van der Waals surface area contributed by atoms with E-state index in [9.17, 15) is 24.4 Å². The van der Waals surface area contributed by atoms with E-state index in [4.69, 9.17) is 4.98 Å². The molecule has 2 N–H and O–H groups in total. The summed E-state index contributed by atoms with van der Waals surface area (Å²) in [5.74, 6) is -0.879. The molecule has 4 amide bonds. The van der Waals surface area contributed by atoms with Crippen LogP contribution in [-0.4, -0.2) is 122 Å². The largest absolute Gasteiger partial charge is 0.387 e. The van der Waals surface area contributed by atoms with Crippen molar-refractivity contribution in [3.8, 4) is 28.0 Å². The summed E-state index contributed by atoms with van der Waals surface area (Å²) < 4.78 is 1.78. The number of hydrogen-bond donors (Lipinski definition) is 2. The van der Waals surface area contributed by atoms with Crippen molar-refractivity contribution in [3.05, 3.63) is 77.1 Å². The maximum atomic E-state index is 13.4. The Morgan fingerprint density at radius 1 is 0.965 bits per heavy atom.